The minimum atomic E-state index is -0.984. The van der Waals surface area contributed by atoms with E-state index in [9.17, 15) is 5.11 Å². The van der Waals surface area contributed by atoms with Gasteiger partial charge in [-0.15, -0.1) is 0 Å². The largest absolute Gasteiger partial charge is 0.383 e. The van der Waals surface area contributed by atoms with Crippen LogP contribution >= 0.6 is 0 Å². The minimum Gasteiger partial charge on any atom is -0.383 e. The summed E-state index contributed by atoms with van der Waals surface area (Å²) in [4.78, 5) is 4.03. The van der Waals surface area contributed by atoms with Gasteiger partial charge in [0.05, 0.1) is 12.7 Å². The van der Waals surface area contributed by atoms with Crippen LogP contribution in [0.5, 0.6) is 0 Å². The van der Waals surface area contributed by atoms with E-state index in [0.717, 1.165) is 11.1 Å². The van der Waals surface area contributed by atoms with E-state index in [1.807, 2.05) is 19.9 Å². The van der Waals surface area contributed by atoms with Gasteiger partial charge in [-0.2, -0.15) is 0 Å². The van der Waals surface area contributed by atoms with Gasteiger partial charge < -0.3 is 15.6 Å². The standard InChI is InChI=1S/C11H16N2O2/c1-7-3-5-13-10(12)9(7)11(14)4-6-15-8(11)2/h3,5,8,14H,4,6H2,1-2H3,(H2,12,13). The molecule has 1 fully saturated rings. The van der Waals surface area contributed by atoms with Gasteiger partial charge in [0, 0.05) is 18.2 Å². The first-order valence-electron chi connectivity index (χ1n) is 5.11. The van der Waals surface area contributed by atoms with Crippen molar-refractivity contribution in [2.24, 2.45) is 0 Å². The third-order valence-electron chi connectivity index (χ3n) is 3.15. The molecule has 0 amide bonds. The quantitative estimate of drug-likeness (QED) is 0.721. The van der Waals surface area contributed by atoms with Crippen molar-refractivity contribution >= 4 is 5.82 Å². The number of hydrogen-bond donors (Lipinski definition) is 2. The molecule has 0 aromatic carbocycles. The number of nitrogens with zero attached hydrogens (tertiary/aromatic N) is 1. The third-order valence-corrected chi connectivity index (χ3v) is 3.15. The summed E-state index contributed by atoms with van der Waals surface area (Å²) in [6.45, 7) is 4.35. The molecule has 0 aliphatic carbocycles. The lowest BCUT2D eigenvalue weighted by Gasteiger charge is -2.28. The number of pyridine rings is 1. The molecular formula is C11H16N2O2. The second-order valence-corrected chi connectivity index (χ2v) is 4.08. The number of nitrogens with two attached hydrogens (primary N) is 1. The van der Waals surface area contributed by atoms with Gasteiger partial charge in [0.15, 0.2) is 0 Å². The first kappa shape index (κ1) is 10.4. The maximum Gasteiger partial charge on any atom is 0.129 e. The van der Waals surface area contributed by atoms with Crippen LogP contribution in [0.15, 0.2) is 12.3 Å². The highest BCUT2D eigenvalue weighted by Crippen LogP contribution is 2.39. The van der Waals surface area contributed by atoms with Crippen molar-refractivity contribution in [3.05, 3.63) is 23.4 Å². The molecule has 0 saturated carbocycles. The molecule has 0 radical (unpaired) electrons. The van der Waals surface area contributed by atoms with Gasteiger partial charge in [-0.05, 0) is 25.5 Å². The average Bonchev–Trinajstić information content (AvgIpc) is 2.47. The van der Waals surface area contributed by atoms with Gasteiger partial charge in [-0.1, -0.05) is 0 Å². The predicted octanol–water partition coefficient (Wildman–Crippen LogP) is 0.969. The molecule has 1 aromatic heterocycles. The second kappa shape index (κ2) is 3.47. The van der Waals surface area contributed by atoms with Gasteiger partial charge in [-0.25, -0.2) is 4.98 Å². The number of hydrogen-bond acceptors (Lipinski definition) is 4. The molecule has 0 spiro atoms. The fourth-order valence-electron chi connectivity index (χ4n) is 2.20. The van der Waals surface area contributed by atoms with Gasteiger partial charge >= 0.3 is 0 Å². The summed E-state index contributed by atoms with van der Waals surface area (Å²) in [6.07, 6.45) is 1.99. The van der Waals surface area contributed by atoms with E-state index in [1.54, 1.807) is 6.20 Å². The number of aliphatic hydroxyl groups is 1. The van der Waals surface area contributed by atoms with Crippen LogP contribution in [-0.4, -0.2) is 22.8 Å². The number of ether oxygens (including phenoxy) is 1. The van der Waals surface area contributed by atoms with Gasteiger partial charge in [0.1, 0.15) is 11.4 Å². The zero-order chi connectivity index (χ0) is 11.1. The molecule has 15 heavy (non-hydrogen) atoms. The van der Waals surface area contributed by atoms with Crippen molar-refractivity contribution in [2.75, 3.05) is 12.3 Å². The molecule has 4 heteroatoms. The topological polar surface area (TPSA) is 68.4 Å². The summed E-state index contributed by atoms with van der Waals surface area (Å²) in [7, 11) is 0. The monoisotopic (exact) mass is 208 g/mol. The molecule has 2 rings (SSSR count). The SMILES string of the molecule is Cc1ccnc(N)c1C1(O)CCOC1C. The molecule has 3 N–H and O–H groups in total. The lowest BCUT2D eigenvalue weighted by Crippen LogP contribution is -2.35. The van der Waals surface area contributed by atoms with E-state index < -0.39 is 5.60 Å². The Morgan fingerprint density at radius 3 is 2.93 bits per heavy atom. The highest BCUT2D eigenvalue weighted by Gasteiger charge is 2.43. The fraction of sp³-hybridized carbons (Fsp3) is 0.545. The molecule has 1 aliphatic rings. The summed E-state index contributed by atoms with van der Waals surface area (Å²) < 4.78 is 5.40. The normalized spacial score (nSPS) is 30.7. The zero-order valence-electron chi connectivity index (χ0n) is 9.03. The van der Waals surface area contributed by atoms with Crippen molar-refractivity contribution in [3.8, 4) is 0 Å². The molecule has 82 valence electrons. The Hall–Kier alpha value is -1.13. The van der Waals surface area contributed by atoms with Gasteiger partial charge in [-0.3, -0.25) is 0 Å². The van der Waals surface area contributed by atoms with Crippen LogP contribution < -0.4 is 5.73 Å². The van der Waals surface area contributed by atoms with Crippen molar-refractivity contribution in [1.29, 1.82) is 0 Å². The number of rotatable bonds is 1. The molecule has 0 bridgehead atoms. The fourth-order valence-corrected chi connectivity index (χ4v) is 2.20. The Bertz CT molecular complexity index is 361. The van der Waals surface area contributed by atoms with Crippen LogP contribution in [-0.2, 0) is 10.3 Å². The summed E-state index contributed by atoms with van der Waals surface area (Å²) >= 11 is 0. The van der Waals surface area contributed by atoms with E-state index in [4.69, 9.17) is 10.5 Å². The molecule has 2 heterocycles. The van der Waals surface area contributed by atoms with Crippen molar-refractivity contribution in [1.82, 2.24) is 4.98 Å². The summed E-state index contributed by atoms with van der Waals surface area (Å²) in [5, 5.41) is 10.5. The number of nitrogen functional groups attached to an aromatic ring is 1. The number of anilines is 1. The molecule has 1 aliphatic heterocycles. The predicted molar refractivity (Wildman–Crippen MR) is 57.3 cm³/mol. The maximum absolute atomic E-state index is 10.5. The van der Waals surface area contributed by atoms with Gasteiger partial charge in [0.2, 0.25) is 0 Å². The maximum atomic E-state index is 10.5. The molecular weight excluding hydrogens is 192 g/mol. The Labute approximate surface area is 89.1 Å². The Balaban J connectivity index is 2.53. The van der Waals surface area contributed by atoms with Crippen LogP contribution in [0.2, 0.25) is 0 Å². The highest BCUT2D eigenvalue weighted by atomic mass is 16.5. The first-order valence-corrected chi connectivity index (χ1v) is 5.11. The van der Waals surface area contributed by atoms with E-state index in [1.165, 1.54) is 0 Å². The Morgan fingerprint density at radius 1 is 1.67 bits per heavy atom. The van der Waals surface area contributed by atoms with Crippen LogP contribution in [0, 0.1) is 6.92 Å². The number of aromatic nitrogens is 1. The number of aryl methyl sites for hydroxylation is 1. The van der Waals surface area contributed by atoms with Crippen LogP contribution in [0.4, 0.5) is 5.82 Å². The van der Waals surface area contributed by atoms with Gasteiger partial charge in [0.25, 0.3) is 0 Å². The molecule has 1 aromatic rings. The van der Waals surface area contributed by atoms with E-state index in [2.05, 4.69) is 4.98 Å². The van der Waals surface area contributed by atoms with Crippen molar-refractivity contribution in [3.63, 3.8) is 0 Å². The minimum absolute atomic E-state index is 0.234. The zero-order valence-corrected chi connectivity index (χ0v) is 9.03. The molecule has 2 atom stereocenters. The summed E-state index contributed by atoms with van der Waals surface area (Å²) in [5.74, 6) is 0.398. The Morgan fingerprint density at radius 2 is 2.40 bits per heavy atom. The van der Waals surface area contributed by atoms with Crippen molar-refractivity contribution < 1.29 is 9.84 Å². The van der Waals surface area contributed by atoms with E-state index in [-0.39, 0.29) is 6.10 Å². The molecule has 1 saturated heterocycles. The second-order valence-electron chi connectivity index (χ2n) is 4.08. The lowest BCUT2D eigenvalue weighted by molar-refractivity contribution is -0.0317. The summed E-state index contributed by atoms with van der Waals surface area (Å²) in [5.41, 5.74) is 6.52. The van der Waals surface area contributed by atoms with Crippen molar-refractivity contribution in [2.45, 2.75) is 32.0 Å². The molecule has 2 unspecified atom stereocenters. The molecule has 4 nitrogen and oxygen atoms in total. The smallest absolute Gasteiger partial charge is 0.129 e. The lowest BCUT2D eigenvalue weighted by atomic mass is 9.85. The average molecular weight is 208 g/mol. The first-order chi connectivity index (χ1) is 7.05. The van der Waals surface area contributed by atoms with Crippen LogP contribution in [0.3, 0.4) is 0 Å². The van der Waals surface area contributed by atoms with E-state index in [0.29, 0.717) is 18.8 Å². The van der Waals surface area contributed by atoms with E-state index >= 15 is 0 Å². The third kappa shape index (κ3) is 1.50. The Kier molecular flexibility index (Phi) is 2.40. The summed E-state index contributed by atoms with van der Waals surface area (Å²) in [6, 6.07) is 1.86. The van der Waals surface area contributed by atoms with Crippen LogP contribution in [0.25, 0.3) is 0 Å². The van der Waals surface area contributed by atoms with Crippen LogP contribution in [0.1, 0.15) is 24.5 Å². The highest BCUT2D eigenvalue weighted by molar-refractivity contribution is 5.48.